The average molecular weight is 503 g/mol. The molecular formula is C34H62O2. The molecule has 0 radical (unpaired) electrons. The van der Waals surface area contributed by atoms with Gasteiger partial charge in [-0.3, -0.25) is 0 Å². The molecule has 0 aliphatic heterocycles. The van der Waals surface area contributed by atoms with Crippen LogP contribution in [0, 0.1) is 0 Å². The number of ether oxygens (including phenoxy) is 2. The Morgan fingerprint density at radius 2 is 0.611 bits per heavy atom. The van der Waals surface area contributed by atoms with Crippen molar-refractivity contribution in [2.24, 2.45) is 0 Å². The highest BCUT2D eigenvalue weighted by Crippen LogP contribution is 2.27. The van der Waals surface area contributed by atoms with Crippen LogP contribution < -0.4 is 9.47 Å². The first-order valence-electron chi connectivity index (χ1n) is 16.2. The molecule has 0 unspecified atom stereocenters. The van der Waals surface area contributed by atoms with E-state index in [4.69, 9.17) is 9.47 Å². The second kappa shape index (κ2) is 26.9. The summed E-state index contributed by atoms with van der Waals surface area (Å²) in [4.78, 5) is 0. The van der Waals surface area contributed by atoms with E-state index in [0.717, 1.165) is 37.6 Å². The van der Waals surface area contributed by atoms with Gasteiger partial charge in [-0.25, -0.2) is 0 Å². The summed E-state index contributed by atoms with van der Waals surface area (Å²) >= 11 is 0. The first-order valence-corrected chi connectivity index (χ1v) is 16.2. The van der Waals surface area contributed by atoms with Crippen molar-refractivity contribution in [1.29, 1.82) is 0 Å². The van der Waals surface area contributed by atoms with Gasteiger partial charge in [0.15, 0.2) is 11.5 Å². The summed E-state index contributed by atoms with van der Waals surface area (Å²) in [5, 5.41) is 0. The van der Waals surface area contributed by atoms with Crippen LogP contribution in [0.25, 0.3) is 0 Å². The molecule has 0 heterocycles. The van der Waals surface area contributed by atoms with E-state index in [2.05, 4.69) is 26.0 Å². The van der Waals surface area contributed by atoms with Gasteiger partial charge >= 0.3 is 0 Å². The number of unbranched alkanes of at least 4 members (excludes halogenated alkanes) is 22. The normalized spacial score (nSPS) is 11.2. The van der Waals surface area contributed by atoms with Crippen molar-refractivity contribution in [3.05, 3.63) is 24.3 Å². The van der Waals surface area contributed by atoms with E-state index >= 15 is 0 Å². The Kier molecular flexibility index (Phi) is 24.5. The topological polar surface area (TPSA) is 18.5 Å². The zero-order valence-corrected chi connectivity index (χ0v) is 24.5. The van der Waals surface area contributed by atoms with E-state index in [1.54, 1.807) is 0 Å². The molecule has 0 atom stereocenters. The Hall–Kier alpha value is -1.18. The van der Waals surface area contributed by atoms with Crippen LogP contribution in [0.4, 0.5) is 0 Å². The van der Waals surface area contributed by atoms with Crippen molar-refractivity contribution >= 4 is 0 Å². The third-order valence-corrected chi connectivity index (χ3v) is 7.36. The monoisotopic (exact) mass is 502 g/mol. The Bertz CT molecular complexity index is 507. The Labute approximate surface area is 226 Å². The lowest BCUT2D eigenvalue weighted by atomic mass is 10.1. The van der Waals surface area contributed by atoms with Gasteiger partial charge in [0.05, 0.1) is 13.2 Å². The lowest BCUT2D eigenvalue weighted by Gasteiger charge is -2.12. The van der Waals surface area contributed by atoms with Crippen molar-refractivity contribution in [2.45, 2.75) is 168 Å². The summed E-state index contributed by atoms with van der Waals surface area (Å²) in [5.74, 6) is 1.83. The molecule has 0 N–H and O–H groups in total. The van der Waals surface area contributed by atoms with Gasteiger partial charge in [0.2, 0.25) is 0 Å². The molecule has 0 aliphatic carbocycles. The van der Waals surface area contributed by atoms with Crippen LogP contribution in [-0.2, 0) is 0 Å². The van der Waals surface area contributed by atoms with Crippen molar-refractivity contribution in [2.75, 3.05) is 13.2 Å². The van der Waals surface area contributed by atoms with Gasteiger partial charge in [0.1, 0.15) is 0 Å². The fourth-order valence-electron chi connectivity index (χ4n) is 4.94. The lowest BCUT2D eigenvalue weighted by Crippen LogP contribution is -2.02. The van der Waals surface area contributed by atoms with Crippen molar-refractivity contribution in [3.8, 4) is 11.5 Å². The molecule has 0 bridgehead atoms. The molecule has 0 aliphatic rings. The third kappa shape index (κ3) is 21.0. The molecule has 36 heavy (non-hydrogen) atoms. The van der Waals surface area contributed by atoms with Gasteiger partial charge in [-0.05, 0) is 25.0 Å². The van der Waals surface area contributed by atoms with Crippen LogP contribution in [0.3, 0.4) is 0 Å². The number of hydrogen-bond donors (Lipinski definition) is 0. The second-order valence-corrected chi connectivity index (χ2v) is 10.9. The minimum Gasteiger partial charge on any atom is -0.490 e. The van der Waals surface area contributed by atoms with Gasteiger partial charge in [0.25, 0.3) is 0 Å². The molecule has 0 aromatic heterocycles. The van der Waals surface area contributed by atoms with Gasteiger partial charge in [-0.15, -0.1) is 0 Å². The molecule has 2 heteroatoms. The second-order valence-electron chi connectivity index (χ2n) is 10.9. The summed E-state index contributed by atoms with van der Waals surface area (Å²) in [5.41, 5.74) is 0. The third-order valence-electron chi connectivity index (χ3n) is 7.36. The highest BCUT2D eigenvalue weighted by Gasteiger charge is 2.04. The first kappa shape index (κ1) is 32.8. The SMILES string of the molecule is CCCCCCCCCCCCCCOc1ccccc1OCCCCCCCCCCCCCC. The zero-order valence-electron chi connectivity index (χ0n) is 24.5. The summed E-state index contributed by atoms with van der Waals surface area (Å²) < 4.78 is 12.1. The molecule has 1 rings (SSSR count). The standard InChI is InChI=1S/C34H62O2/c1-3-5-7-9-11-13-15-17-19-21-23-27-31-35-33-29-25-26-30-34(33)36-32-28-24-22-20-18-16-14-12-10-8-6-4-2/h25-26,29-30H,3-24,27-28,31-32H2,1-2H3. The van der Waals surface area contributed by atoms with E-state index in [0.29, 0.717) is 0 Å². The van der Waals surface area contributed by atoms with Gasteiger partial charge in [-0.2, -0.15) is 0 Å². The predicted octanol–water partition coefficient (Wildman–Crippen LogP) is 11.8. The highest BCUT2D eigenvalue weighted by molar-refractivity contribution is 5.39. The molecule has 0 saturated heterocycles. The maximum atomic E-state index is 6.07. The van der Waals surface area contributed by atoms with Crippen molar-refractivity contribution < 1.29 is 9.47 Å². The van der Waals surface area contributed by atoms with Crippen LogP contribution in [0.5, 0.6) is 11.5 Å². The summed E-state index contributed by atoms with van der Waals surface area (Å²) in [6.45, 7) is 6.18. The maximum Gasteiger partial charge on any atom is 0.161 e. The smallest absolute Gasteiger partial charge is 0.161 e. The quantitative estimate of drug-likeness (QED) is 0.106. The summed E-state index contributed by atoms with van der Waals surface area (Å²) in [6.07, 6.45) is 33.0. The molecule has 0 fully saturated rings. The van der Waals surface area contributed by atoms with Crippen LogP contribution in [-0.4, -0.2) is 13.2 Å². The Balaban J connectivity index is 1.94. The molecule has 0 amide bonds. The Morgan fingerprint density at radius 1 is 0.361 bits per heavy atom. The number of rotatable bonds is 28. The van der Waals surface area contributed by atoms with Crippen LogP contribution in [0.15, 0.2) is 24.3 Å². The summed E-state index contributed by atoms with van der Waals surface area (Å²) in [7, 11) is 0. The van der Waals surface area contributed by atoms with Gasteiger partial charge in [0, 0.05) is 0 Å². The van der Waals surface area contributed by atoms with Crippen LogP contribution >= 0.6 is 0 Å². The molecule has 0 saturated carbocycles. The van der Waals surface area contributed by atoms with E-state index < -0.39 is 0 Å². The largest absolute Gasteiger partial charge is 0.490 e. The average Bonchev–Trinajstić information content (AvgIpc) is 2.90. The Morgan fingerprint density at radius 3 is 0.889 bits per heavy atom. The summed E-state index contributed by atoms with van der Waals surface area (Å²) in [6, 6.07) is 8.21. The minimum absolute atomic E-state index is 0.802. The van der Waals surface area contributed by atoms with Gasteiger partial charge in [-0.1, -0.05) is 167 Å². The maximum absolute atomic E-state index is 6.07. The molecule has 210 valence electrons. The van der Waals surface area contributed by atoms with Gasteiger partial charge < -0.3 is 9.47 Å². The lowest BCUT2D eigenvalue weighted by molar-refractivity contribution is 0.258. The molecule has 1 aromatic carbocycles. The van der Waals surface area contributed by atoms with E-state index in [-0.39, 0.29) is 0 Å². The number of benzene rings is 1. The fraction of sp³-hybridized carbons (Fsp3) is 0.824. The van der Waals surface area contributed by atoms with Crippen molar-refractivity contribution in [3.63, 3.8) is 0 Å². The predicted molar refractivity (Wildman–Crippen MR) is 160 cm³/mol. The molecular weight excluding hydrogens is 440 g/mol. The first-order chi connectivity index (χ1) is 17.9. The molecule has 2 nitrogen and oxygen atoms in total. The number of para-hydroxylation sites is 2. The fourth-order valence-corrected chi connectivity index (χ4v) is 4.94. The van der Waals surface area contributed by atoms with E-state index in [9.17, 15) is 0 Å². The van der Waals surface area contributed by atoms with Crippen LogP contribution in [0.1, 0.15) is 168 Å². The van der Waals surface area contributed by atoms with E-state index in [1.807, 2.05) is 12.1 Å². The van der Waals surface area contributed by atoms with Crippen LogP contribution in [0.2, 0.25) is 0 Å². The zero-order chi connectivity index (χ0) is 25.8. The number of hydrogen-bond acceptors (Lipinski definition) is 2. The van der Waals surface area contributed by atoms with Crippen molar-refractivity contribution in [1.82, 2.24) is 0 Å². The molecule has 0 spiro atoms. The highest BCUT2D eigenvalue weighted by atomic mass is 16.5. The minimum atomic E-state index is 0.802. The van der Waals surface area contributed by atoms with E-state index in [1.165, 1.54) is 141 Å². The molecule has 1 aromatic rings.